The van der Waals surface area contributed by atoms with Crippen molar-refractivity contribution >= 4 is 49.4 Å². The first-order chi connectivity index (χ1) is 16.7. The number of carbonyl (C=O) groups is 1. The summed E-state index contributed by atoms with van der Waals surface area (Å²) in [7, 11) is 1.80. The van der Waals surface area contributed by atoms with Crippen LogP contribution in [0.5, 0.6) is 5.75 Å². The minimum atomic E-state index is -4.77. The molecule has 35 heavy (non-hydrogen) atoms. The number of fused-ring (bicyclic) bond motifs is 2. The van der Waals surface area contributed by atoms with Crippen molar-refractivity contribution in [2.24, 2.45) is 7.05 Å². The number of Topliss-reactive ketones (excluding diaryl/α,β-unsaturated/α-hetero) is 1. The largest absolute Gasteiger partial charge is 0.573 e. The number of nitrogens with one attached hydrogen (secondary N) is 1. The highest BCUT2D eigenvalue weighted by Gasteiger charge is 2.31. The molecule has 0 unspecified atom stereocenters. The Labute approximate surface area is 201 Å². The Hall–Kier alpha value is -3.25. The first-order valence-electron chi connectivity index (χ1n) is 10.8. The van der Waals surface area contributed by atoms with Crippen LogP contribution in [0.1, 0.15) is 29.6 Å². The lowest BCUT2D eigenvalue weighted by Crippen LogP contribution is -2.16. The molecule has 0 aliphatic carbocycles. The van der Waals surface area contributed by atoms with E-state index in [1.54, 1.807) is 29.8 Å². The van der Waals surface area contributed by atoms with Gasteiger partial charge in [0, 0.05) is 38.3 Å². The minimum Gasteiger partial charge on any atom is -0.406 e. The number of imidazole rings is 1. The van der Waals surface area contributed by atoms with Crippen molar-refractivity contribution in [2.75, 3.05) is 25.2 Å². The normalized spacial score (nSPS) is 11.9. The maximum atomic E-state index is 12.5. The lowest BCUT2D eigenvalue weighted by Gasteiger charge is -2.07. The molecule has 186 valence electrons. The summed E-state index contributed by atoms with van der Waals surface area (Å²) in [5.41, 5.74) is 2.46. The third-order valence-corrected chi connectivity index (χ3v) is 6.06. The summed E-state index contributed by atoms with van der Waals surface area (Å²) in [5, 5.41) is 3.54. The van der Waals surface area contributed by atoms with Crippen LogP contribution in [0.2, 0.25) is 0 Å². The number of thiazole rings is 1. The van der Waals surface area contributed by atoms with E-state index in [1.165, 1.54) is 29.5 Å². The molecule has 0 amide bonds. The Morgan fingerprint density at radius 1 is 1.09 bits per heavy atom. The van der Waals surface area contributed by atoms with Crippen molar-refractivity contribution in [3.8, 4) is 5.75 Å². The van der Waals surface area contributed by atoms with Gasteiger partial charge in [-0.3, -0.25) is 9.18 Å². The van der Waals surface area contributed by atoms with Crippen molar-refractivity contribution in [2.45, 2.75) is 25.6 Å². The Morgan fingerprint density at radius 3 is 2.66 bits per heavy atom. The topological polar surface area (TPSA) is 78.3 Å². The van der Waals surface area contributed by atoms with Crippen LogP contribution in [0.15, 0.2) is 36.4 Å². The highest BCUT2D eigenvalue weighted by molar-refractivity contribution is 7.22. The monoisotopic (exact) mass is 510 g/mol. The Morgan fingerprint density at radius 2 is 1.89 bits per heavy atom. The maximum absolute atomic E-state index is 12.5. The molecular formula is C23H22F4N4O3S. The van der Waals surface area contributed by atoms with Crippen LogP contribution in [-0.4, -0.2) is 46.6 Å². The average molecular weight is 511 g/mol. The number of anilines is 2. The van der Waals surface area contributed by atoms with Crippen LogP contribution >= 0.6 is 11.3 Å². The summed E-state index contributed by atoms with van der Waals surface area (Å²) < 4.78 is 61.1. The highest BCUT2D eigenvalue weighted by Crippen LogP contribution is 2.33. The summed E-state index contributed by atoms with van der Waals surface area (Å²) in [6.45, 7) is 0.325. The van der Waals surface area contributed by atoms with Gasteiger partial charge in [-0.15, -0.1) is 13.2 Å². The molecule has 0 radical (unpaired) electrons. The van der Waals surface area contributed by atoms with Crippen molar-refractivity contribution < 1.29 is 31.8 Å². The molecule has 1 N–H and O–H groups in total. The van der Waals surface area contributed by atoms with Crippen LogP contribution in [-0.2, 0) is 11.8 Å². The van der Waals surface area contributed by atoms with E-state index in [1.807, 2.05) is 0 Å². The fourth-order valence-corrected chi connectivity index (χ4v) is 4.36. The van der Waals surface area contributed by atoms with Gasteiger partial charge in [0.15, 0.2) is 10.9 Å². The Kier molecular flexibility index (Phi) is 7.51. The molecule has 4 aromatic rings. The quantitative estimate of drug-likeness (QED) is 0.148. The summed E-state index contributed by atoms with van der Waals surface area (Å²) in [6, 6.07) is 9.20. The predicted molar refractivity (Wildman–Crippen MR) is 125 cm³/mol. The zero-order valence-electron chi connectivity index (χ0n) is 18.7. The molecule has 12 heteroatoms. The number of aryl methyl sites for hydroxylation is 1. The minimum absolute atomic E-state index is 0.0378. The van der Waals surface area contributed by atoms with Gasteiger partial charge in [-0.2, -0.15) is 0 Å². The SMILES string of the molecule is Cn1c(Nc2nc3ccc(OC(F)(F)F)cc3s2)nc2cc(C(=O)CCCOCCCF)ccc21. The van der Waals surface area contributed by atoms with Gasteiger partial charge in [-0.25, -0.2) is 9.97 Å². The molecule has 0 saturated heterocycles. The van der Waals surface area contributed by atoms with E-state index in [9.17, 15) is 22.4 Å². The molecule has 7 nitrogen and oxygen atoms in total. The second-order valence-electron chi connectivity index (χ2n) is 7.70. The number of hydrogen-bond donors (Lipinski definition) is 1. The number of carbonyl (C=O) groups excluding carboxylic acids is 1. The second kappa shape index (κ2) is 10.6. The van der Waals surface area contributed by atoms with Gasteiger partial charge in [-0.05, 0) is 43.2 Å². The zero-order valence-corrected chi connectivity index (χ0v) is 19.5. The molecule has 0 spiro atoms. The van der Waals surface area contributed by atoms with Gasteiger partial charge in [-0.1, -0.05) is 11.3 Å². The smallest absolute Gasteiger partial charge is 0.406 e. The number of ketones is 1. The molecule has 4 rings (SSSR count). The molecular weight excluding hydrogens is 488 g/mol. The van der Waals surface area contributed by atoms with Gasteiger partial charge in [0.05, 0.1) is 27.9 Å². The maximum Gasteiger partial charge on any atom is 0.573 e. The van der Waals surface area contributed by atoms with Gasteiger partial charge in [0.2, 0.25) is 5.95 Å². The van der Waals surface area contributed by atoms with Crippen molar-refractivity contribution in [1.82, 2.24) is 14.5 Å². The molecule has 2 heterocycles. The fourth-order valence-electron chi connectivity index (χ4n) is 3.47. The Bertz CT molecular complexity index is 1340. The molecule has 0 bridgehead atoms. The van der Waals surface area contributed by atoms with Crippen LogP contribution in [0.25, 0.3) is 21.3 Å². The number of hydrogen-bond acceptors (Lipinski definition) is 7. The van der Waals surface area contributed by atoms with E-state index in [2.05, 4.69) is 20.0 Å². The van der Waals surface area contributed by atoms with E-state index < -0.39 is 13.0 Å². The number of ether oxygens (including phenoxy) is 2. The molecule has 0 saturated carbocycles. The average Bonchev–Trinajstić information content (AvgIpc) is 3.34. The molecule has 0 aliphatic heterocycles. The number of alkyl halides is 4. The summed E-state index contributed by atoms with van der Waals surface area (Å²) in [4.78, 5) is 21.5. The van der Waals surface area contributed by atoms with E-state index >= 15 is 0 Å². The predicted octanol–water partition coefficient (Wildman–Crippen LogP) is 6.16. The zero-order chi connectivity index (χ0) is 25.0. The first kappa shape index (κ1) is 24.9. The summed E-state index contributed by atoms with van der Waals surface area (Å²) in [5.74, 6) is 0.118. The highest BCUT2D eigenvalue weighted by atomic mass is 32.1. The fraction of sp³-hybridized carbons (Fsp3) is 0.348. The number of halogens is 4. The molecule has 2 aromatic heterocycles. The summed E-state index contributed by atoms with van der Waals surface area (Å²) >= 11 is 1.17. The molecule has 0 atom stereocenters. The van der Waals surface area contributed by atoms with E-state index in [4.69, 9.17) is 4.74 Å². The van der Waals surface area contributed by atoms with Gasteiger partial charge in [0.1, 0.15) is 5.75 Å². The van der Waals surface area contributed by atoms with E-state index in [-0.39, 0.29) is 11.5 Å². The van der Waals surface area contributed by atoms with Gasteiger partial charge >= 0.3 is 6.36 Å². The third kappa shape index (κ3) is 6.25. The van der Waals surface area contributed by atoms with Gasteiger partial charge < -0.3 is 19.4 Å². The van der Waals surface area contributed by atoms with Crippen LogP contribution in [0, 0.1) is 0 Å². The molecule has 0 fully saturated rings. The number of benzene rings is 2. The lowest BCUT2D eigenvalue weighted by atomic mass is 10.1. The van der Waals surface area contributed by atoms with E-state index in [0.717, 1.165) is 5.52 Å². The van der Waals surface area contributed by atoms with Gasteiger partial charge in [0.25, 0.3) is 0 Å². The van der Waals surface area contributed by atoms with Crippen LogP contribution < -0.4 is 10.1 Å². The molecule has 2 aromatic carbocycles. The van der Waals surface area contributed by atoms with E-state index in [0.29, 0.717) is 64.9 Å². The number of rotatable bonds is 11. The van der Waals surface area contributed by atoms with Crippen molar-refractivity contribution in [3.05, 3.63) is 42.0 Å². The second-order valence-corrected chi connectivity index (χ2v) is 8.73. The number of nitrogens with zero attached hydrogens (tertiary/aromatic N) is 3. The standard InChI is InChI=1S/C23H22F4N4O3S/c1-31-18-8-5-14(19(32)4-2-10-33-11-3-9-24)12-17(18)28-21(31)30-22-29-16-7-6-15(13-20(16)35-22)34-23(25,26)27/h5-8,12-13H,2-4,9-11H2,1H3,(H,28,29,30). The third-order valence-electron chi connectivity index (χ3n) is 5.13. The molecule has 0 aliphatic rings. The van der Waals surface area contributed by atoms with Crippen LogP contribution in [0.4, 0.5) is 28.6 Å². The Balaban J connectivity index is 1.45. The van der Waals surface area contributed by atoms with Crippen LogP contribution in [0.3, 0.4) is 0 Å². The number of aromatic nitrogens is 3. The lowest BCUT2D eigenvalue weighted by molar-refractivity contribution is -0.274. The first-order valence-corrected chi connectivity index (χ1v) is 11.6. The van der Waals surface area contributed by atoms with Crippen molar-refractivity contribution in [1.29, 1.82) is 0 Å². The summed E-state index contributed by atoms with van der Waals surface area (Å²) in [6.07, 6.45) is -3.56. The van der Waals surface area contributed by atoms with Crippen molar-refractivity contribution in [3.63, 3.8) is 0 Å².